The number of aliphatic hydroxyl groups excluding tert-OH is 4. The molecule has 6 atom stereocenters. The first-order chi connectivity index (χ1) is 12.9. The molecule has 0 saturated carbocycles. The molecular formula is C19H28O9. The first-order valence-electron chi connectivity index (χ1n) is 9.01. The number of ether oxygens (including phenoxy) is 2. The predicted octanol–water partition coefficient (Wildman–Crippen LogP) is -1.40. The van der Waals surface area contributed by atoms with Gasteiger partial charge in [-0.3, -0.25) is 9.59 Å². The number of rotatable bonds is 6. The van der Waals surface area contributed by atoms with Crippen LogP contribution in [0.2, 0.25) is 0 Å². The molecule has 1 saturated heterocycles. The summed E-state index contributed by atoms with van der Waals surface area (Å²) in [5.41, 5.74) is -1.87. The van der Waals surface area contributed by atoms with Crippen LogP contribution in [0.3, 0.4) is 0 Å². The lowest BCUT2D eigenvalue weighted by molar-refractivity contribution is -0.298. The summed E-state index contributed by atoms with van der Waals surface area (Å²) < 4.78 is 10.3. The quantitative estimate of drug-likeness (QED) is 0.339. The molecule has 1 heterocycles. The van der Waals surface area contributed by atoms with Gasteiger partial charge in [0, 0.05) is 11.8 Å². The first kappa shape index (κ1) is 22.8. The van der Waals surface area contributed by atoms with Crippen LogP contribution in [-0.2, 0) is 19.1 Å². The molecule has 2 aliphatic rings. The van der Waals surface area contributed by atoms with Gasteiger partial charge >= 0.3 is 0 Å². The van der Waals surface area contributed by atoms with E-state index < -0.39 is 60.7 Å². The van der Waals surface area contributed by atoms with E-state index >= 15 is 0 Å². The summed E-state index contributed by atoms with van der Waals surface area (Å²) in [7, 11) is 0. The van der Waals surface area contributed by atoms with E-state index in [2.05, 4.69) is 0 Å². The molecule has 28 heavy (non-hydrogen) atoms. The van der Waals surface area contributed by atoms with E-state index in [0.717, 1.165) is 6.08 Å². The third kappa shape index (κ3) is 4.41. The number of allylic oxidation sites excluding steroid dienone is 1. The Kier molecular flexibility index (Phi) is 6.93. The molecule has 0 aromatic carbocycles. The monoisotopic (exact) mass is 400 g/mol. The molecule has 0 unspecified atom stereocenters. The molecule has 0 aromatic rings. The summed E-state index contributed by atoms with van der Waals surface area (Å²) in [4.78, 5) is 23.9. The number of aliphatic hydroxyl groups is 5. The Morgan fingerprint density at radius 3 is 2.50 bits per heavy atom. The highest BCUT2D eigenvalue weighted by Gasteiger charge is 2.47. The number of ketones is 2. The maximum Gasteiger partial charge on any atom is 0.187 e. The molecule has 2 rings (SSSR count). The average molecular weight is 400 g/mol. The summed E-state index contributed by atoms with van der Waals surface area (Å²) in [5, 5.41) is 49.4. The van der Waals surface area contributed by atoms with Crippen LogP contribution in [0.15, 0.2) is 23.8 Å². The van der Waals surface area contributed by atoms with Crippen LogP contribution in [0.5, 0.6) is 0 Å². The van der Waals surface area contributed by atoms with Gasteiger partial charge in [-0.2, -0.15) is 0 Å². The van der Waals surface area contributed by atoms with E-state index in [-0.39, 0.29) is 12.2 Å². The van der Waals surface area contributed by atoms with Crippen molar-refractivity contribution in [3.05, 3.63) is 23.8 Å². The molecule has 0 aromatic heterocycles. The smallest absolute Gasteiger partial charge is 0.187 e. The van der Waals surface area contributed by atoms with E-state index in [1.54, 1.807) is 20.8 Å². The molecule has 0 spiro atoms. The lowest BCUT2D eigenvalue weighted by Gasteiger charge is -2.43. The highest BCUT2D eigenvalue weighted by molar-refractivity contribution is 5.94. The van der Waals surface area contributed by atoms with Crippen LogP contribution in [0, 0.1) is 5.41 Å². The first-order valence-corrected chi connectivity index (χ1v) is 9.01. The van der Waals surface area contributed by atoms with Crippen LogP contribution >= 0.6 is 0 Å². The Morgan fingerprint density at radius 1 is 1.29 bits per heavy atom. The molecule has 0 amide bonds. The zero-order valence-electron chi connectivity index (χ0n) is 16.1. The van der Waals surface area contributed by atoms with Crippen LogP contribution in [0.4, 0.5) is 0 Å². The van der Waals surface area contributed by atoms with E-state index in [9.17, 15) is 30.0 Å². The molecule has 1 aliphatic heterocycles. The van der Waals surface area contributed by atoms with Crippen molar-refractivity contribution in [3.63, 3.8) is 0 Å². The minimum Gasteiger partial charge on any atom is -0.394 e. The molecule has 0 radical (unpaired) electrons. The highest BCUT2D eigenvalue weighted by Crippen LogP contribution is 2.44. The zero-order valence-corrected chi connectivity index (χ0v) is 16.1. The minimum atomic E-state index is -1.60. The second kappa shape index (κ2) is 8.50. The van der Waals surface area contributed by atoms with Crippen molar-refractivity contribution < 1.29 is 44.6 Å². The van der Waals surface area contributed by atoms with Gasteiger partial charge < -0.3 is 35.0 Å². The van der Waals surface area contributed by atoms with E-state index in [4.69, 9.17) is 14.6 Å². The summed E-state index contributed by atoms with van der Waals surface area (Å²) in [6, 6.07) is 0. The SMILES string of the molecule is CC1=CC(=O)CC(C)(C)[C@@]1(O)C=CC(=O)CO[C@@H]1O[C@H](CO)[C@@H](O)[C@H](O)[C@H]1O. The standard InChI is InChI=1S/C19H28O9/c1-10-6-12(22)7-18(2,3)19(10,26)5-4-11(21)9-27-17-16(25)15(24)14(23)13(8-20)28-17/h4-6,13-17,20,23-26H,7-9H2,1-3H3/t13-,14-,15+,16-,17-,19-/m1/s1. The largest absolute Gasteiger partial charge is 0.394 e. The van der Waals surface area contributed by atoms with Gasteiger partial charge in [0.1, 0.15) is 36.6 Å². The lowest BCUT2D eigenvalue weighted by Crippen LogP contribution is -2.59. The fourth-order valence-corrected chi connectivity index (χ4v) is 3.49. The topological polar surface area (TPSA) is 154 Å². The number of carbonyl (C=O) groups excluding carboxylic acids is 2. The average Bonchev–Trinajstić information content (AvgIpc) is 2.61. The van der Waals surface area contributed by atoms with Gasteiger partial charge in [0.25, 0.3) is 0 Å². The van der Waals surface area contributed by atoms with Crippen molar-refractivity contribution in [2.45, 2.75) is 63.5 Å². The van der Waals surface area contributed by atoms with Gasteiger partial charge in [-0.15, -0.1) is 0 Å². The van der Waals surface area contributed by atoms with Gasteiger partial charge in [0.15, 0.2) is 17.9 Å². The summed E-state index contributed by atoms with van der Waals surface area (Å²) in [6.45, 7) is 3.92. The fraction of sp³-hybridized carbons (Fsp3) is 0.684. The Balaban J connectivity index is 2.02. The van der Waals surface area contributed by atoms with Crippen molar-refractivity contribution in [1.29, 1.82) is 0 Å². The molecule has 1 aliphatic carbocycles. The Labute approximate surface area is 162 Å². The minimum absolute atomic E-state index is 0.0992. The second-order valence-electron chi connectivity index (χ2n) is 7.93. The van der Waals surface area contributed by atoms with Crippen molar-refractivity contribution >= 4 is 11.6 Å². The van der Waals surface area contributed by atoms with Gasteiger partial charge in [0.05, 0.1) is 6.61 Å². The highest BCUT2D eigenvalue weighted by atomic mass is 16.7. The van der Waals surface area contributed by atoms with Crippen LogP contribution in [0.1, 0.15) is 27.2 Å². The fourth-order valence-electron chi connectivity index (χ4n) is 3.49. The molecule has 1 fully saturated rings. The van der Waals surface area contributed by atoms with Crippen LogP contribution < -0.4 is 0 Å². The third-order valence-electron chi connectivity index (χ3n) is 5.38. The maximum absolute atomic E-state index is 12.1. The van der Waals surface area contributed by atoms with Crippen molar-refractivity contribution in [3.8, 4) is 0 Å². The van der Waals surface area contributed by atoms with Crippen molar-refractivity contribution in [2.75, 3.05) is 13.2 Å². The molecule has 9 heteroatoms. The molecule has 9 nitrogen and oxygen atoms in total. The lowest BCUT2D eigenvalue weighted by atomic mass is 9.64. The summed E-state index contributed by atoms with van der Waals surface area (Å²) >= 11 is 0. The molecule has 0 bridgehead atoms. The van der Waals surface area contributed by atoms with Crippen LogP contribution in [-0.4, -0.2) is 86.6 Å². The van der Waals surface area contributed by atoms with E-state index in [0.29, 0.717) is 5.57 Å². The molecule has 158 valence electrons. The normalized spacial score (nSPS) is 38.5. The Morgan fingerprint density at radius 2 is 1.93 bits per heavy atom. The maximum atomic E-state index is 12.1. The van der Waals surface area contributed by atoms with E-state index in [1.807, 2.05) is 0 Å². The second-order valence-corrected chi connectivity index (χ2v) is 7.93. The zero-order chi connectivity index (χ0) is 21.3. The Bertz CT molecular complexity index is 666. The summed E-state index contributed by atoms with van der Waals surface area (Å²) in [5.74, 6) is -0.649. The van der Waals surface area contributed by atoms with Gasteiger partial charge in [-0.1, -0.05) is 13.8 Å². The number of hydrogen-bond donors (Lipinski definition) is 5. The third-order valence-corrected chi connectivity index (χ3v) is 5.38. The van der Waals surface area contributed by atoms with E-state index in [1.165, 1.54) is 12.2 Å². The summed E-state index contributed by atoms with van der Waals surface area (Å²) in [6.07, 6.45) is -3.36. The van der Waals surface area contributed by atoms with Crippen LogP contribution in [0.25, 0.3) is 0 Å². The number of carbonyl (C=O) groups is 2. The number of hydrogen-bond acceptors (Lipinski definition) is 9. The molecular weight excluding hydrogens is 372 g/mol. The van der Waals surface area contributed by atoms with Crippen molar-refractivity contribution in [1.82, 2.24) is 0 Å². The van der Waals surface area contributed by atoms with Gasteiger partial charge in [-0.25, -0.2) is 0 Å². The molecule has 5 N–H and O–H groups in total. The predicted molar refractivity (Wildman–Crippen MR) is 96.0 cm³/mol. The Hall–Kier alpha value is -1.46. The van der Waals surface area contributed by atoms with Crippen molar-refractivity contribution in [2.24, 2.45) is 5.41 Å². The van der Waals surface area contributed by atoms with Gasteiger partial charge in [0.2, 0.25) is 0 Å². The van der Waals surface area contributed by atoms with Gasteiger partial charge in [-0.05, 0) is 30.7 Å².